The number of carbonyl (C=O) groups excluding carboxylic acids is 2. The van der Waals surface area contributed by atoms with E-state index in [9.17, 15) is 14.0 Å². The summed E-state index contributed by atoms with van der Waals surface area (Å²) in [5.41, 5.74) is 0.701. The lowest BCUT2D eigenvalue weighted by Crippen LogP contribution is -2.61. The van der Waals surface area contributed by atoms with Crippen LogP contribution >= 0.6 is 0 Å². The number of rotatable bonds is 2. The highest BCUT2D eigenvalue weighted by Gasteiger charge is 2.36. The van der Waals surface area contributed by atoms with Crippen molar-refractivity contribution in [2.24, 2.45) is 0 Å². The van der Waals surface area contributed by atoms with Crippen molar-refractivity contribution in [1.29, 1.82) is 0 Å². The van der Waals surface area contributed by atoms with Gasteiger partial charge >= 0.3 is 0 Å². The molecule has 1 aromatic heterocycles. The van der Waals surface area contributed by atoms with Crippen molar-refractivity contribution in [2.45, 2.75) is 25.1 Å². The van der Waals surface area contributed by atoms with E-state index in [0.29, 0.717) is 25.0 Å². The van der Waals surface area contributed by atoms with Crippen LogP contribution in [0.3, 0.4) is 0 Å². The predicted molar refractivity (Wildman–Crippen MR) is 84.8 cm³/mol. The standard InChI is InChI=1S/C17H18FN3O3/c18-12-2-1-11-3-5-20(14(11)7-12)9-17(23)21-6-4-15-13(8-21)19-16(22)10-24-15/h1-3,5,7,13,15H,4,6,8-10H2,(H,19,22)/t13-,15+/m0/s1. The lowest BCUT2D eigenvalue weighted by atomic mass is 10.0. The number of hydrogen-bond acceptors (Lipinski definition) is 3. The zero-order chi connectivity index (χ0) is 16.7. The number of piperidine rings is 1. The molecule has 1 aromatic carbocycles. The van der Waals surface area contributed by atoms with Gasteiger partial charge < -0.3 is 19.5 Å². The summed E-state index contributed by atoms with van der Waals surface area (Å²) in [5, 5.41) is 3.78. The Morgan fingerprint density at radius 1 is 1.38 bits per heavy atom. The van der Waals surface area contributed by atoms with Crippen LogP contribution in [0.15, 0.2) is 30.5 Å². The van der Waals surface area contributed by atoms with Crippen LogP contribution in [0.5, 0.6) is 0 Å². The minimum atomic E-state index is -0.321. The van der Waals surface area contributed by atoms with Gasteiger partial charge in [0.15, 0.2) is 0 Å². The van der Waals surface area contributed by atoms with E-state index in [1.807, 2.05) is 6.07 Å². The fourth-order valence-corrected chi connectivity index (χ4v) is 3.47. The van der Waals surface area contributed by atoms with Gasteiger partial charge in [-0.1, -0.05) is 0 Å². The van der Waals surface area contributed by atoms with Crippen LogP contribution in [0.25, 0.3) is 10.9 Å². The average molecular weight is 331 g/mol. The van der Waals surface area contributed by atoms with E-state index in [4.69, 9.17) is 4.74 Å². The molecule has 0 spiro atoms. The minimum absolute atomic E-state index is 0.0201. The Morgan fingerprint density at radius 2 is 2.25 bits per heavy atom. The topological polar surface area (TPSA) is 63.6 Å². The highest BCUT2D eigenvalue weighted by molar-refractivity contribution is 5.83. The lowest BCUT2D eigenvalue weighted by Gasteiger charge is -2.41. The summed E-state index contributed by atoms with van der Waals surface area (Å²) in [7, 11) is 0. The van der Waals surface area contributed by atoms with E-state index in [1.54, 1.807) is 21.7 Å². The van der Waals surface area contributed by atoms with Gasteiger partial charge in [0.05, 0.1) is 17.7 Å². The molecular formula is C17H18FN3O3. The maximum atomic E-state index is 13.4. The first-order valence-electron chi connectivity index (χ1n) is 8.03. The molecule has 2 amide bonds. The highest BCUT2D eigenvalue weighted by Crippen LogP contribution is 2.20. The number of ether oxygens (including phenoxy) is 1. The summed E-state index contributed by atoms with van der Waals surface area (Å²) < 4.78 is 20.7. The van der Waals surface area contributed by atoms with Crippen molar-refractivity contribution in [3.05, 3.63) is 36.3 Å². The van der Waals surface area contributed by atoms with Gasteiger partial charge in [-0.25, -0.2) is 4.39 Å². The van der Waals surface area contributed by atoms with Crippen LogP contribution in [0.4, 0.5) is 4.39 Å². The lowest BCUT2D eigenvalue weighted by molar-refractivity contribution is -0.146. The van der Waals surface area contributed by atoms with Crippen molar-refractivity contribution in [3.8, 4) is 0 Å². The second-order valence-corrected chi connectivity index (χ2v) is 6.30. The first-order chi connectivity index (χ1) is 11.6. The fourth-order valence-electron chi connectivity index (χ4n) is 3.47. The largest absolute Gasteiger partial charge is 0.366 e. The Labute approximate surface area is 138 Å². The summed E-state index contributed by atoms with van der Waals surface area (Å²) in [6.45, 7) is 1.29. The quantitative estimate of drug-likeness (QED) is 0.889. The molecule has 0 unspecified atom stereocenters. The van der Waals surface area contributed by atoms with E-state index in [2.05, 4.69) is 5.32 Å². The van der Waals surface area contributed by atoms with Crippen LogP contribution in [0.1, 0.15) is 6.42 Å². The summed E-state index contributed by atoms with van der Waals surface area (Å²) in [6.07, 6.45) is 2.48. The Balaban J connectivity index is 1.47. The zero-order valence-electron chi connectivity index (χ0n) is 13.1. The summed E-state index contributed by atoms with van der Waals surface area (Å²) in [5.74, 6) is -0.509. The summed E-state index contributed by atoms with van der Waals surface area (Å²) >= 11 is 0. The van der Waals surface area contributed by atoms with Crippen molar-refractivity contribution >= 4 is 22.7 Å². The van der Waals surface area contributed by atoms with Gasteiger partial charge in [-0.15, -0.1) is 0 Å². The number of fused-ring (bicyclic) bond motifs is 2. The zero-order valence-corrected chi connectivity index (χ0v) is 13.1. The van der Waals surface area contributed by atoms with Gasteiger partial charge in [-0.2, -0.15) is 0 Å². The molecule has 1 N–H and O–H groups in total. The Morgan fingerprint density at radius 3 is 3.12 bits per heavy atom. The third-order valence-electron chi connectivity index (χ3n) is 4.72. The molecule has 0 radical (unpaired) electrons. The predicted octanol–water partition coefficient (Wildman–Crippen LogP) is 0.896. The van der Waals surface area contributed by atoms with Gasteiger partial charge in [0.1, 0.15) is 19.0 Å². The normalized spacial score (nSPS) is 23.9. The molecule has 6 nitrogen and oxygen atoms in total. The number of benzene rings is 1. The Bertz CT molecular complexity index is 803. The molecule has 24 heavy (non-hydrogen) atoms. The Hall–Kier alpha value is -2.41. The van der Waals surface area contributed by atoms with E-state index < -0.39 is 0 Å². The molecule has 0 bridgehead atoms. The van der Waals surface area contributed by atoms with E-state index in [0.717, 1.165) is 5.39 Å². The van der Waals surface area contributed by atoms with Crippen molar-refractivity contribution in [2.75, 3.05) is 19.7 Å². The third kappa shape index (κ3) is 2.75. The van der Waals surface area contributed by atoms with Crippen LogP contribution in [0, 0.1) is 5.82 Å². The second-order valence-electron chi connectivity index (χ2n) is 6.30. The molecule has 2 saturated heterocycles. The van der Waals surface area contributed by atoms with Crippen LogP contribution in [-0.2, 0) is 20.9 Å². The molecular weight excluding hydrogens is 313 g/mol. The van der Waals surface area contributed by atoms with Gasteiger partial charge in [0.2, 0.25) is 11.8 Å². The number of morpholine rings is 1. The average Bonchev–Trinajstić information content (AvgIpc) is 2.96. The molecule has 0 aliphatic carbocycles. The molecule has 0 saturated carbocycles. The molecule has 3 heterocycles. The maximum Gasteiger partial charge on any atom is 0.246 e. The molecule has 2 aliphatic rings. The molecule has 7 heteroatoms. The number of aromatic nitrogens is 1. The van der Waals surface area contributed by atoms with E-state index >= 15 is 0 Å². The molecule has 2 aromatic rings. The van der Waals surface area contributed by atoms with Crippen molar-refractivity contribution in [1.82, 2.24) is 14.8 Å². The summed E-state index contributed by atoms with van der Waals surface area (Å²) in [4.78, 5) is 25.8. The summed E-state index contributed by atoms with van der Waals surface area (Å²) in [6, 6.07) is 6.26. The molecule has 2 atom stereocenters. The number of likely N-dealkylation sites (tertiary alicyclic amines) is 1. The van der Waals surface area contributed by atoms with Crippen molar-refractivity contribution in [3.63, 3.8) is 0 Å². The molecule has 2 fully saturated rings. The fraction of sp³-hybridized carbons (Fsp3) is 0.412. The number of nitrogens with one attached hydrogen (secondary N) is 1. The van der Waals surface area contributed by atoms with Crippen LogP contribution in [0.2, 0.25) is 0 Å². The van der Waals surface area contributed by atoms with Gasteiger partial charge in [0, 0.05) is 19.3 Å². The van der Waals surface area contributed by atoms with Crippen molar-refractivity contribution < 1.29 is 18.7 Å². The monoisotopic (exact) mass is 331 g/mol. The smallest absolute Gasteiger partial charge is 0.246 e. The Kier molecular flexibility index (Phi) is 3.72. The van der Waals surface area contributed by atoms with Gasteiger partial charge in [-0.05, 0) is 36.1 Å². The number of nitrogens with zero attached hydrogens (tertiary/aromatic N) is 2. The van der Waals surface area contributed by atoms with Gasteiger partial charge in [0.25, 0.3) is 0 Å². The molecule has 2 aliphatic heterocycles. The first-order valence-corrected chi connectivity index (χ1v) is 8.03. The SMILES string of the molecule is O=C1CO[C@@H]2CCN(C(=O)Cn3ccc4ccc(F)cc43)C[C@@H]2N1. The van der Waals surface area contributed by atoms with Crippen LogP contribution < -0.4 is 5.32 Å². The van der Waals surface area contributed by atoms with E-state index in [-0.39, 0.29) is 42.9 Å². The molecule has 126 valence electrons. The third-order valence-corrected chi connectivity index (χ3v) is 4.72. The highest BCUT2D eigenvalue weighted by atomic mass is 19.1. The van der Waals surface area contributed by atoms with E-state index in [1.165, 1.54) is 12.1 Å². The maximum absolute atomic E-state index is 13.4. The second kappa shape index (κ2) is 5.90. The number of carbonyl (C=O) groups is 2. The minimum Gasteiger partial charge on any atom is -0.366 e. The van der Waals surface area contributed by atoms with Crippen LogP contribution in [-0.4, -0.2) is 53.1 Å². The number of halogens is 1. The number of amides is 2. The number of hydrogen-bond donors (Lipinski definition) is 1. The van der Waals surface area contributed by atoms with Gasteiger partial charge in [-0.3, -0.25) is 9.59 Å². The molecule has 4 rings (SSSR count). The first kappa shape index (κ1) is 15.1.